The van der Waals surface area contributed by atoms with Gasteiger partial charge in [-0.15, -0.1) is 0 Å². The molecule has 0 amide bonds. The number of carboxylic acids is 1. The molecule has 0 aromatic heterocycles. The maximum atomic E-state index is 11.4. The molecule has 0 unspecified atom stereocenters. The summed E-state index contributed by atoms with van der Waals surface area (Å²) in [5.74, 6) is -0.166. The van der Waals surface area contributed by atoms with E-state index in [1.54, 1.807) is 0 Å². The molecule has 0 saturated heterocycles. The molecule has 3 heteroatoms. The minimum atomic E-state index is -1.000. The van der Waals surface area contributed by atoms with Crippen molar-refractivity contribution >= 4 is 5.97 Å². The Bertz CT molecular complexity index is 411. The Kier molecular flexibility index (Phi) is 3.09. The van der Waals surface area contributed by atoms with Gasteiger partial charge in [0.25, 0.3) is 0 Å². The average molecular weight is 234 g/mol. The highest BCUT2D eigenvalue weighted by Gasteiger charge is 2.43. The molecule has 1 fully saturated rings. The number of ether oxygens (including phenoxy) is 1. The standard InChI is InChI=1S/C14H18O3/c1-10-7-11(2)9-12(8-10)17-14(13(15)16)5-3-4-6-14/h7-9H,3-6H2,1-2H3,(H,15,16). The van der Waals surface area contributed by atoms with Gasteiger partial charge in [-0.25, -0.2) is 4.79 Å². The number of aryl methyl sites for hydroxylation is 2. The Labute approximate surface area is 101 Å². The van der Waals surface area contributed by atoms with Crippen molar-refractivity contribution in [3.63, 3.8) is 0 Å². The lowest BCUT2D eigenvalue weighted by molar-refractivity contribution is -0.154. The van der Waals surface area contributed by atoms with Crippen LogP contribution in [0.2, 0.25) is 0 Å². The van der Waals surface area contributed by atoms with Gasteiger partial charge in [0, 0.05) is 0 Å². The van der Waals surface area contributed by atoms with Crippen LogP contribution in [0.15, 0.2) is 18.2 Å². The number of carboxylic acid groups (broad SMARTS) is 1. The SMILES string of the molecule is Cc1cc(C)cc(OC2(C(=O)O)CCCC2)c1. The van der Waals surface area contributed by atoms with Crippen molar-refractivity contribution in [1.29, 1.82) is 0 Å². The van der Waals surface area contributed by atoms with Crippen LogP contribution in [-0.4, -0.2) is 16.7 Å². The lowest BCUT2D eigenvalue weighted by Gasteiger charge is -2.25. The van der Waals surface area contributed by atoms with E-state index in [-0.39, 0.29) is 0 Å². The summed E-state index contributed by atoms with van der Waals surface area (Å²) >= 11 is 0. The third-order valence-corrected chi connectivity index (χ3v) is 3.31. The molecule has 0 radical (unpaired) electrons. The zero-order valence-corrected chi connectivity index (χ0v) is 10.3. The van der Waals surface area contributed by atoms with E-state index in [2.05, 4.69) is 6.07 Å². The van der Waals surface area contributed by atoms with Gasteiger partial charge < -0.3 is 9.84 Å². The first-order chi connectivity index (χ1) is 8.02. The second-order valence-corrected chi connectivity index (χ2v) is 4.93. The van der Waals surface area contributed by atoms with Crippen LogP contribution in [0.5, 0.6) is 5.75 Å². The quantitative estimate of drug-likeness (QED) is 0.874. The Hall–Kier alpha value is -1.51. The second kappa shape index (κ2) is 4.40. The maximum Gasteiger partial charge on any atom is 0.348 e. The molecule has 92 valence electrons. The van der Waals surface area contributed by atoms with Crippen LogP contribution < -0.4 is 4.74 Å². The van der Waals surface area contributed by atoms with Gasteiger partial charge in [0.2, 0.25) is 5.60 Å². The molecule has 0 spiro atoms. The predicted octanol–water partition coefficient (Wildman–Crippen LogP) is 3.08. The van der Waals surface area contributed by atoms with Crippen LogP contribution in [0, 0.1) is 13.8 Å². The molecule has 1 N–H and O–H groups in total. The van der Waals surface area contributed by atoms with Gasteiger partial charge in [-0.05, 0) is 62.8 Å². The summed E-state index contributed by atoms with van der Waals surface area (Å²) in [7, 11) is 0. The molecule has 0 aliphatic heterocycles. The number of carbonyl (C=O) groups is 1. The van der Waals surface area contributed by atoms with E-state index >= 15 is 0 Å². The first kappa shape index (κ1) is 12.0. The molecule has 1 aromatic carbocycles. The zero-order valence-electron chi connectivity index (χ0n) is 10.3. The minimum Gasteiger partial charge on any atom is -0.478 e. The Morgan fingerprint density at radius 1 is 1.18 bits per heavy atom. The van der Waals surface area contributed by atoms with Crippen LogP contribution in [0.25, 0.3) is 0 Å². The molecule has 0 bridgehead atoms. The molecule has 3 nitrogen and oxygen atoms in total. The first-order valence-corrected chi connectivity index (χ1v) is 6.03. The lowest BCUT2D eigenvalue weighted by atomic mass is 10.0. The summed E-state index contributed by atoms with van der Waals surface area (Å²) in [5.41, 5.74) is 1.19. The van der Waals surface area contributed by atoms with Gasteiger partial charge in [-0.2, -0.15) is 0 Å². The van der Waals surface area contributed by atoms with Crippen molar-refractivity contribution in [3.8, 4) is 5.75 Å². The van der Waals surface area contributed by atoms with Crippen LogP contribution in [-0.2, 0) is 4.79 Å². The fourth-order valence-corrected chi connectivity index (χ4v) is 2.52. The second-order valence-electron chi connectivity index (χ2n) is 4.93. The monoisotopic (exact) mass is 234 g/mol. The third-order valence-electron chi connectivity index (χ3n) is 3.31. The predicted molar refractivity (Wildman–Crippen MR) is 65.4 cm³/mol. The molecule has 1 aliphatic rings. The van der Waals surface area contributed by atoms with Gasteiger partial charge in [0.05, 0.1) is 0 Å². The van der Waals surface area contributed by atoms with E-state index in [9.17, 15) is 9.90 Å². The summed E-state index contributed by atoms with van der Waals surface area (Å²) in [6.07, 6.45) is 3.07. The molecule has 17 heavy (non-hydrogen) atoms. The van der Waals surface area contributed by atoms with Gasteiger partial charge >= 0.3 is 5.97 Å². The van der Waals surface area contributed by atoms with Crippen molar-refractivity contribution in [2.45, 2.75) is 45.1 Å². The number of aliphatic carboxylic acids is 1. The Balaban J connectivity index is 2.26. The van der Waals surface area contributed by atoms with Gasteiger partial charge in [0.1, 0.15) is 5.75 Å². The first-order valence-electron chi connectivity index (χ1n) is 6.03. The number of hydrogen-bond donors (Lipinski definition) is 1. The van der Waals surface area contributed by atoms with Gasteiger partial charge in [-0.1, -0.05) is 6.07 Å². The van der Waals surface area contributed by atoms with Crippen LogP contribution >= 0.6 is 0 Å². The summed E-state index contributed by atoms with van der Waals surface area (Å²) in [5, 5.41) is 9.34. The van der Waals surface area contributed by atoms with Gasteiger partial charge in [-0.3, -0.25) is 0 Å². The molecule has 0 heterocycles. The molecule has 1 aliphatic carbocycles. The fourth-order valence-electron chi connectivity index (χ4n) is 2.52. The zero-order chi connectivity index (χ0) is 12.5. The lowest BCUT2D eigenvalue weighted by Crippen LogP contribution is -2.41. The van der Waals surface area contributed by atoms with E-state index in [0.717, 1.165) is 24.0 Å². The van der Waals surface area contributed by atoms with E-state index in [0.29, 0.717) is 18.6 Å². The molecular weight excluding hydrogens is 216 g/mol. The smallest absolute Gasteiger partial charge is 0.348 e. The molecular formula is C14H18O3. The summed E-state index contributed by atoms with van der Waals surface area (Å²) in [4.78, 5) is 11.4. The van der Waals surface area contributed by atoms with E-state index in [1.165, 1.54) is 0 Å². The Morgan fingerprint density at radius 3 is 2.18 bits per heavy atom. The molecule has 1 aromatic rings. The minimum absolute atomic E-state index is 0.606. The summed E-state index contributed by atoms with van der Waals surface area (Å²) in [6, 6.07) is 5.85. The molecule has 1 saturated carbocycles. The topological polar surface area (TPSA) is 46.5 Å². The Morgan fingerprint density at radius 2 is 1.71 bits per heavy atom. The highest BCUT2D eigenvalue weighted by Crippen LogP contribution is 2.35. The highest BCUT2D eigenvalue weighted by molar-refractivity contribution is 5.78. The summed E-state index contributed by atoms with van der Waals surface area (Å²) < 4.78 is 5.79. The number of benzene rings is 1. The fraction of sp³-hybridized carbons (Fsp3) is 0.500. The average Bonchev–Trinajstić information content (AvgIpc) is 2.65. The van der Waals surface area contributed by atoms with Crippen molar-refractivity contribution in [1.82, 2.24) is 0 Å². The third kappa shape index (κ3) is 2.43. The van der Waals surface area contributed by atoms with E-state index < -0.39 is 11.6 Å². The van der Waals surface area contributed by atoms with Crippen LogP contribution in [0.4, 0.5) is 0 Å². The molecule has 2 rings (SSSR count). The van der Waals surface area contributed by atoms with Crippen molar-refractivity contribution in [2.24, 2.45) is 0 Å². The van der Waals surface area contributed by atoms with Crippen molar-refractivity contribution in [3.05, 3.63) is 29.3 Å². The van der Waals surface area contributed by atoms with Crippen LogP contribution in [0.3, 0.4) is 0 Å². The normalized spacial score (nSPS) is 18.0. The molecule has 0 atom stereocenters. The van der Waals surface area contributed by atoms with Crippen LogP contribution in [0.1, 0.15) is 36.8 Å². The van der Waals surface area contributed by atoms with Crippen molar-refractivity contribution in [2.75, 3.05) is 0 Å². The van der Waals surface area contributed by atoms with E-state index in [4.69, 9.17) is 4.74 Å². The van der Waals surface area contributed by atoms with Gasteiger partial charge in [0.15, 0.2) is 0 Å². The van der Waals surface area contributed by atoms with Crippen molar-refractivity contribution < 1.29 is 14.6 Å². The van der Waals surface area contributed by atoms with E-state index in [1.807, 2.05) is 26.0 Å². The number of rotatable bonds is 3. The maximum absolute atomic E-state index is 11.4. The summed E-state index contributed by atoms with van der Waals surface area (Å²) in [6.45, 7) is 3.98. The number of hydrogen-bond acceptors (Lipinski definition) is 2. The largest absolute Gasteiger partial charge is 0.478 e. The highest BCUT2D eigenvalue weighted by atomic mass is 16.5.